The Morgan fingerprint density at radius 3 is 2.42 bits per heavy atom. The Morgan fingerprint density at radius 2 is 2.00 bits per heavy atom. The Bertz CT molecular complexity index is 171. The van der Waals surface area contributed by atoms with Crippen molar-refractivity contribution in [3.05, 3.63) is 0 Å². The number of fused-ring (bicyclic) bond motifs is 2. The van der Waals surface area contributed by atoms with Crippen LogP contribution < -0.4 is 10.6 Å². The summed E-state index contributed by atoms with van der Waals surface area (Å²) in [4.78, 5) is 0. The monoisotopic (exact) mass is 168 g/mol. The van der Waals surface area contributed by atoms with Crippen LogP contribution in [0.1, 0.15) is 33.6 Å². The lowest BCUT2D eigenvalue weighted by Gasteiger charge is -2.31. The molecular formula is C10H20N2. The Balaban J connectivity index is 1.91. The summed E-state index contributed by atoms with van der Waals surface area (Å²) in [5.41, 5.74) is 0.275. The van der Waals surface area contributed by atoms with Gasteiger partial charge in [0.25, 0.3) is 0 Å². The predicted molar refractivity (Wildman–Crippen MR) is 51.2 cm³/mol. The van der Waals surface area contributed by atoms with Gasteiger partial charge >= 0.3 is 0 Å². The maximum Gasteiger partial charge on any atom is 0.0229 e. The molecule has 2 heteroatoms. The Labute approximate surface area is 75.1 Å². The molecule has 0 radical (unpaired) electrons. The minimum absolute atomic E-state index is 0.275. The summed E-state index contributed by atoms with van der Waals surface area (Å²) in [5.74, 6) is 0.954. The van der Waals surface area contributed by atoms with Crippen LogP contribution in [0.5, 0.6) is 0 Å². The van der Waals surface area contributed by atoms with E-state index in [0.29, 0.717) is 0 Å². The van der Waals surface area contributed by atoms with E-state index in [9.17, 15) is 0 Å². The summed E-state index contributed by atoms with van der Waals surface area (Å²) in [6.07, 6.45) is 2.78. The van der Waals surface area contributed by atoms with E-state index in [0.717, 1.165) is 18.0 Å². The standard InChI is InChI=1S/C10H20N2/c1-10(2,3)12-9-5-7-4-8(9)11-6-7/h7-9,11-12H,4-6H2,1-3H3. The van der Waals surface area contributed by atoms with Gasteiger partial charge in [0.2, 0.25) is 0 Å². The first kappa shape index (κ1) is 8.52. The molecule has 2 N–H and O–H groups in total. The molecule has 2 rings (SSSR count). The van der Waals surface area contributed by atoms with Crippen LogP contribution in [0.4, 0.5) is 0 Å². The van der Waals surface area contributed by atoms with Crippen LogP contribution in [0, 0.1) is 5.92 Å². The van der Waals surface area contributed by atoms with Crippen LogP contribution in [-0.2, 0) is 0 Å². The number of piperidine rings is 1. The van der Waals surface area contributed by atoms with E-state index in [1.807, 2.05) is 0 Å². The second kappa shape index (κ2) is 2.71. The molecular weight excluding hydrogens is 148 g/mol. The fraction of sp³-hybridized carbons (Fsp3) is 1.00. The van der Waals surface area contributed by atoms with Crippen LogP contribution in [-0.4, -0.2) is 24.2 Å². The van der Waals surface area contributed by atoms with E-state index in [2.05, 4.69) is 31.4 Å². The second-order valence-corrected chi connectivity index (χ2v) is 5.35. The maximum absolute atomic E-state index is 3.69. The van der Waals surface area contributed by atoms with E-state index >= 15 is 0 Å². The van der Waals surface area contributed by atoms with Gasteiger partial charge in [-0.2, -0.15) is 0 Å². The fourth-order valence-corrected chi connectivity index (χ4v) is 2.57. The number of nitrogens with one attached hydrogen (secondary N) is 2. The first-order chi connectivity index (χ1) is 5.54. The van der Waals surface area contributed by atoms with Crippen molar-refractivity contribution in [2.45, 2.75) is 51.2 Å². The van der Waals surface area contributed by atoms with Gasteiger partial charge < -0.3 is 10.6 Å². The van der Waals surface area contributed by atoms with Gasteiger partial charge in [-0.3, -0.25) is 0 Å². The number of hydrogen-bond acceptors (Lipinski definition) is 2. The van der Waals surface area contributed by atoms with Crippen molar-refractivity contribution in [2.75, 3.05) is 6.54 Å². The summed E-state index contributed by atoms with van der Waals surface area (Å²) < 4.78 is 0. The molecule has 2 bridgehead atoms. The average Bonchev–Trinajstić information content (AvgIpc) is 2.42. The molecule has 2 aliphatic rings. The Morgan fingerprint density at radius 1 is 1.25 bits per heavy atom. The third kappa shape index (κ3) is 1.64. The molecule has 1 saturated carbocycles. The zero-order valence-electron chi connectivity index (χ0n) is 8.35. The van der Waals surface area contributed by atoms with Gasteiger partial charge in [0, 0.05) is 17.6 Å². The largest absolute Gasteiger partial charge is 0.312 e. The summed E-state index contributed by atoms with van der Waals surface area (Å²) in [6, 6.07) is 1.48. The zero-order valence-corrected chi connectivity index (χ0v) is 8.35. The van der Waals surface area contributed by atoms with Crippen LogP contribution in [0.2, 0.25) is 0 Å². The molecule has 12 heavy (non-hydrogen) atoms. The van der Waals surface area contributed by atoms with Gasteiger partial charge in [0.1, 0.15) is 0 Å². The summed E-state index contributed by atoms with van der Waals surface area (Å²) in [7, 11) is 0. The van der Waals surface area contributed by atoms with Crippen LogP contribution in [0.25, 0.3) is 0 Å². The normalized spacial score (nSPS) is 40.8. The van der Waals surface area contributed by atoms with Crippen molar-refractivity contribution in [1.29, 1.82) is 0 Å². The predicted octanol–water partition coefficient (Wildman–Crippen LogP) is 1.12. The smallest absolute Gasteiger partial charge is 0.0229 e. The van der Waals surface area contributed by atoms with Crippen molar-refractivity contribution in [1.82, 2.24) is 10.6 Å². The van der Waals surface area contributed by atoms with Gasteiger partial charge in [-0.1, -0.05) is 0 Å². The van der Waals surface area contributed by atoms with Crippen molar-refractivity contribution >= 4 is 0 Å². The van der Waals surface area contributed by atoms with Crippen molar-refractivity contribution in [2.24, 2.45) is 5.92 Å². The first-order valence-corrected chi connectivity index (χ1v) is 5.06. The highest BCUT2D eigenvalue weighted by Gasteiger charge is 2.40. The molecule has 1 heterocycles. The van der Waals surface area contributed by atoms with E-state index < -0.39 is 0 Å². The Kier molecular flexibility index (Phi) is 1.92. The minimum atomic E-state index is 0.275. The molecule has 0 aromatic carbocycles. The first-order valence-electron chi connectivity index (χ1n) is 5.06. The molecule has 70 valence electrons. The topological polar surface area (TPSA) is 24.1 Å². The van der Waals surface area contributed by atoms with Gasteiger partial charge in [-0.25, -0.2) is 0 Å². The van der Waals surface area contributed by atoms with Crippen LogP contribution in [0.15, 0.2) is 0 Å². The highest BCUT2D eigenvalue weighted by Crippen LogP contribution is 2.31. The molecule has 0 aromatic heterocycles. The highest BCUT2D eigenvalue weighted by molar-refractivity contribution is 5.01. The number of rotatable bonds is 1. The quantitative estimate of drug-likeness (QED) is 0.613. The zero-order chi connectivity index (χ0) is 8.77. The average molecular weight is 168 g/mol. The molecule has 0 spiro atoms. The molecule has 3 unspecified atom stereocenters. The van der Waals surface area contributed by atoms with E-state index in [1.54, 1.807) is 0 Å². The lowest BCUT2D eigenvalue weighted by atomic mass is 10.0. The lowest BCUT2D eigenvalue weighted by molar-refractivity contribution is 0.299. The SMILES string of the molecule is CC(C)(C)NC1CC2CNC1C2. The molecule has 1 aliphatic heterocycles. The van der Waals surface area contributed by atoms with Gasteiger partial charge in [-0.15, -0.1) is 0 Å². The molecule has 3 atom stereocenters. The Hall–Kier alpha value is -0.0800. The molecule has 2 nitrogen and oxygen atoms in total. The lowest BCUT2D eigenvalue weighted by Crippen LogP contribution is -2.52. The van der Waals surface area contributed by atoms with Gasteiger partial charge in [0.15, 0.2) is 0 Å². The van der Waals surface area contributed by atoms with Crippen molar-refractivity contribution in [3.63, 3.8) is 0 Å². The second-order valence-electron chi connectivity index (χ2n) is 5.35. The number of hydrogen-bond donors (Lipinski definition) is 2. The van der Waals surface area contributed by atoms with E-state index in [1.165, 1.54) is 19.4 Å². The van der Waals surface area contributed by atoms with Gasteiger partial charge in [-0.05, 0) is 46.1 Å². The fourth-order valence-electron chi connectivity index (χ4n) is 2.57. The molecule has 2 fully saturated rings. The van der Waals surface area contributed by atoms with Gasteiger partial charge in [0.05, 0.1) is 0 Å². The minimum Gasteiger partial charge on any atom is -0.312 e. The molecule has 1 saturated heterocycles. The summed E-state index contributed by atoms with van der Waals surface area (Å²) >= 11 is 0. The highest BCUT2D eigenvalue weighted by atomic mass is 15.1. The molecule has 1 aliphatic carbocycles. The molecule has 0 amide bonds. The molecule has 0 aromatic rings. The van der Waals surface area contributed by atoms with Crippen molar-refractivity contribution in [3.8, 4) is 0 Å². The van der Waals surface area contributed by atoms with Crippen molar-refractivity contribution < 1.29 is 0 Å². The van der Waals surface area contributed by atoms with Crippen LogP contribution >= 0.6 is 0 Å². The van der Waals surface area contributed by atoms with E-state index in [4.69, 9.17) is 0 Å². The third-order valence-corrected chi connectivity index (χ3v) is 2.95. The summed E-state index contributed by atoms with van der Waals surface area (Å²) in [5, 5.41) is 7.25. The summed E-state index contributed by atoms with van der Waals surface area (Å²) in [6.45, 7) is 8.00. The third-order valence-electron chi connectivity index (χ3n) is 2.95. The maximum atomic E-state index is 3.69. The van der Waals surface area contributed by atoms with E-state index in [-0.39, 0.29) is 5.54 Å². The van der Waals surface area contributed by atoms with Crippen LogP contribution in [0.3, 0.4) is 0 Å².